The van der Waals surface area contributed by atoms with E-state index in [1.54, 1.807) is 40.6 Å². The lowest BCUT2D eigenvalue weighted by Gasteiger charge is -2.14. The number of halogens is 3. The number of ketones is 1. The minimum Gasteiger partial charge on any atom is -0.299 e. The van der Waals surface area contributed by atoms with Crippen LogP contribution >= 0.6 is 11.3 Å². The van der Waals surface area contributed by atoms with Gasteiger partial charge in [-0.3, -0.25) is 4.79 Å². The van der Waals surface area contributed by atoms with E-state index in [-0.39, 0.29) is 23.5 Å². The molecule has 0 unspecified atom stereocenters. The Balaban J connectivity index is 1.93. The second kappa shape index (κ2) is 9.07. The van der Waals surface area contributed by atoms with E-state index < -0.39 is 22.7 Å². The fourth-order valence-corrected chi connectivity index (χ4v) is 4.54. The zero-order valence-electron chi connectivity index (χ0n) is 15.5. The van der Waals surface area contributed by atoms with Gasteiger partial charge in [0.25, 0.3) is 0 Å². The molecule has 0 saturated heterocycles. The molecule has 30 heavy (non-hydrogen) atoms. The van der Waals surface area contributed by atoms with Crippen LogP contribution in [0.4, 0.5) is 13.2 Å². The molecule has 3 rings (SSSR count). The van der Waals surface area contributed by atoms with E-state index in [4.69, 9.17) is 0 Å². The molecule has 0 amide bonds. The summed E-state index contributed by atoms with van der Waals surface area (Å²) in [5.41, 5.74) is 1.82. The summed E-state index contributed by atoms with van der Waals surface area (Å²) in [6.45, 7) is -1.67. The van der Waals surface area contributed by atoms with Crippen molar-refractivity contribution >= 4 is 27.1 Å². The molecule has 3 aromatic rings. The highest BCUT2D eigenvalue weighted by Crippen LogP contribution is 2.27. The molecule has 1 heterocycles. The van der Waals surface area contributed by atoms with E-state index in [1.165, 1.54) is 29.5 Å². The van der Waals surface area contributed by atoms with Gasteiger partial charge in [-0.25, -0.2) is 18.1 Å². The summed E-state index contributed by atoms with van der Waals surface area (Å²) in [5.74, 6) is -0.181. The number of nitrogens with one attached hydrogen (secondary N) is 1. The third kappa shape index (κ3) is 5.97. The van der Waals surface area contributed by atoms with Crippen LogP contribution in [0, 0.1) is 0 Å². The maximum atomic E-state index is 12.5. The van der Waals surface area contributed by atoms with Crippen LogP contribution in [-0.2, 0) is 27.7 Å². The molecular formula is C20H17F3N2O3S2. The number of nitrogens with zero attached hydrogens (tertiary/aromatic N) is 1. The van der Waals surface area contributed by atoms with Crippen molar-refractivity contribution in [3.8, 4) is 11.1 Å². The van der Waals surface area contributed by atoms with Crippen LogP contribution in [0.2, 0.25) is 0 Å². The highest BCUT2D eigenvalue weighted by atomic mass is 32.2. The molecule has 0 aliphatic carbocycles. The number of carbonyl (C=O) groups is 1. The lowest BCUT2D eigenvalue weighted by Crippen LogP contribution is -2.33. The van der Waals surface area contributed by atoms with Crippen molar-refractivity contribution < 1.29 is 26.4 Å². The van der Waals surface area contributed by atoms with E-state index in [1.807, 2.05) is 6.07 Å². The van der Waals surface area contributed by atoms with Crippen LogP contribution in [0.5, 0.6) is 0 Å². The third-order valence-corrected chi connectivity index (χ3v) is 6.33. The summed E-state index contributed by atoms with van der Waals surface area (Å²) >= 11 is 1.33. The molecule has 158 valence electrons. The van der Waals surface area contributed by atoms with E-state index in [9.17, 15) is 26.4 Å². The number of rotatable bonds is 8. The summed E-state index contributed by atoms with van der Waals surface area (Å²) in [4.78, 5) is 16.3. The molecule has 0 saturated carbocycles. The van der Waals surface area contributed by atoms with E-state index in [2.05, 4.69) is 4.98 Å². The smallest absolute Gasteiger partial charge is 0.299 e. The largest absolute Gasteiger partial charge is 0.402 e. The summed E-state index contributed by atoms with van der Waals surface area (Å²) in [5, 5.41) is 2.38. The molecule has 1 aromatic heterocycles. The monoisotopic (exact) mass is 454 g/mol. The molecule has 0 spiro atoms. The predicted octanol–water partition coefficient (Wildman–Crippen LogP) is 4.01. The van der Waals surface area contributed by atoms with Gasteiger partial charge >= 0.3 is 6.18 Å². The van der Waals surface area contributed by atoms with E-state index in [0.717, 1.165) is 5.56 Å². The number of thiazole rings is 1. The molecule has 1 N–H and O–H groups in total. The Morgan fingerprint density at radius 2 is 1.80 bits per heavy atom. The number of benzene rings is 2. The normalized spacial score (nSPS) is 12.1. The van der Waals surface area contributed by atoms with Crippen molar-refractivity contribution in [1.82, 2.24) is 9.71 Å². The quantitative estimate of drug-likeness (QED) is 0.558. The lowest BCUT2D eigenvalue weighted by atomic mass is 9.96. The number of hydrogen-bond donors (Lipinski definition) is 1. The molecule has 0 radical (unpaired) electrons. The van der Waals surface area contributed by atoms with Gasteiger partial charge in [0, 0.05) is 18.0 Å². The number of carbonyl (C=O) groups excluding carboxylic acids is 1. The van der Waals surface area contributed by atoms with Crippen LogP contribution < -0.4 is 4.72 Å². The first-order valence-electron chi connectivity index (χ1n) is 8.79. The van der Waals surface area contributed by atoms with Crippen LogP contribution in [0.1, 0.15) is 10.6 Å². The van der Waals surface area contributed by atoms with Crippen LogP contribution in [0.15, 0.2) is 65.0 Å². The Kier molecular flexibility index (Phi) is 6.69. The van der Waals surface area contributed by atoms with Gasteiger partial charge in [0.05, 0.1) is 16.3 Å². The van der Waals surface area contributed by atoms with Gasteiger partial charge in [0.1, 0.15) is 12.3 Å². The van der Waals surface area contributed by atoms with Crippen molar-refractivity contribution in [2.24, 2.45) is 0 Å². The molecule has 0 aliphatic heterocycles. The van der Waals surface area contributed by atoms with Gasteiger partial charge < -0.3 is 0 Å². The average molecular weight is 454 g/mol. The topological polar surface area (TPSA) is 76.1 Å². The minimum absolute atomic E-state index is 0.0769. The van der Waals surface area contributed by atoms with Crippen molar-refractivity contribution in [3.63, 3.8) is 0 Å². The Morgan fingerprint density at radius 1 is 1.07 bits per heavy atom. The van der Waals surface area contributed by atoms with Crippen molar-refractivity contribution in [1.29, 1.82) is 0 Å². The van der Waals surface area contributed by atoms with Crippen LogP contribution in [-0.4, -0.2) is 31.9 Å². The SMILES string of the molecule is O=C(Cc1nccs1)Cc1cc(S(=O)(=O)NCC(F)(F)F)ccc1-c1ccccc1. The highest BCUT2D eigenvalue weighted by molar-refractivity contribution is 7.89. The van der Waals surface area contributed by atoms with Gasteiger partial charge in [-0.15, -0.1) is 11.3 Å². The standard InChI is InChI=1S/C20H17F3N2O3S2/c21-20(22,23)13-25-30(27,28)17-6-7-18(14-4-2-1-3-5-14)15(11-17)10-16(26)12-19-24-8-9-29-19/h1-9,11,25H,10,12-13H2. The number of aromatic nitrogens is 1. The first-order chi connectivity index (χ1) is 14.1. The lowest BCUT2D eigenvalue weighted by molar-refractivity contribution is -0.121. The fraction of sp³-hybridized carbons (Fsp3) is 0.200. The number of alkyl halides is 3. The van der Waals surface area contributed by atoms with E-state index >= 15 is 0 Å². The van der Waals surface area contributed by atoms with Gasteiger partial charge in [0.2, 0.25) is 10.0 Å². The zero-order valence-corrected chi connectivity index (χ0v) is 17.2. The van der Waals surface area contributed by atoms with Crippen molar-refractivity contribution in [2.45, 2.75) is 23.9 Å². The number of Topliss-reactive ketones (excluding diaryl/α,β-unsaturated/α-hetero) is 1. The summed E-state index contributed by atoms with van der Waals surface area (Å²) in [7, 11) is -4.39. The van der Waals surface area contributed by atoms with Gasteiger partial charge in [0.15, 0.2) is 0 Å². The maximum absolute atomic E-state index is 12.5. The van der Waals surface area contributed by atoms with Crippen molar-refractivity contribution in [2.75, 3.05) is 6.54 Å². The molecular weight excluding hydrogens is 437 g/mol. The average Bonchev–Trinajstić information content (AvgIpc) is 3.19. The predicted molar refractivity (Wildman–Crippen MR) is 108 cm³/mol. The maximum Gasteiger partial charge on any atom is 0.402 e. The first kappa shape index (κ1) is 22.1. The molecule has 2 aromatic carbocycles. The first-order valence-corrected chi connectivity index (χ1v) is 11.2. The summed E-state index contributed by atoms with van der Waals surface area (Å²) < 4.78 is 63.5. The molecule has 10 heteroatoms. The molecule has 5 nitrogen and oxygen atoms in total. The van der Waals surface area contributed by atoms with Gasteiger partial charge in [-0.1, -0.05) is 36.4 Å². The van der Waals surface area contributed by atoms with E-state index in [0.29, 0.717) is 16.1 Å². The Morgan fingerprint density at radius 3 is 2.43 bits per heavy atom. The second-order valence-corrected chi connectivity index (χ2v) is 9.19. The van der Waals surface area contributed by atoms with Crippen molar-refractivity contribution in [3.05, 3.63) is 70.7 Å². The highest BCUT2D eigenvalue weighted by Gasteiger charge is 2.30. The second-order valence-electron chi connectivity index (χ2n) is 6.44. The molecule has 0 fully saturated rings. The Hall–Kier alpha value is -2.56. The number of hydrogen-bond acceptors (Lipinski definition) is 5. The summed E-state index contributed by atoms with van der Waals surface area (Å²) in [6, 6.07) is 13.0. The molecule has 0 bridgehead atoms. The zero-order chi connectivity index (χ0) is 21.8. The summed E-state index contributed by atoms with van der Waals surface area (Å²) in [6.07, 6.45) is -3.08. The van der Waals surface area contributed by atoms with Crippen LogP contribution in [0.25, 0.3) is 11.1 Å². The van der Waals surface area contributed by atoms with Gasteiger partial charge in [-0.2, -0.15) is 13.2 Å². The molecule has 0 aliphatic rings. The fourth-order valence-electron chi connectivity index (χ4n) is 2.83. The minimum atomic E-state index is -4.68. The number of sulfonamides is 1. The molecule has 0 atom stereocenters. The van der Waals surface area contributed by atoms with Crippen LogP contribution in [0.3, 0.4) is 0 Å². The Bertz CT molecular complexity index is 1110. The van der Waals surface area contributed by atoms with Gasteiger partial charge in [-0.05, 0) is 28.8 Å². The Labute approximate surface area is 175 Å². The third-order valence-electron chi connectivity index (χ3n) is 4.15.